The summed E-state index contributed by atoms with van der Waals surface area (Å²) in [5, 5.41) is 2.71. The Labute approximate surface area is 167 Å². The summed E-state index contributed by atoms with van der Waals surface area (Å²) in [6, 6.07) is 5.72. The molecule has 1 fully saturated rings. The van der Waals surface area contributed by atoms with Crippen LogP contribution >= 0.6 is 0 Å². The molecule has 1 saturated heterocycles. The van der Waals surface area contributed by atoms with Crippen LogP contribution in [0.15, 0.2) is 18.2 Å². The first kappa shape index (κ1) is 22.1. The zero-order valence-corrected chi connectivity index (χ0v) is 17.4. The molecule has 28 heavy (non-hydrogen) atoms. The van der Waals surface area contributed by atoms with Gasteiger partial charge in [-0.25, -0.2) is 4.79 Å². The Balaban J connectivity index is 1.92. The number of Topliss-reactive ketones (excluding diaryl/α,β-unsaturated/α-hetero) is 1. The average Bonchev–Trinajstić information content (AvgIpc) is 3.14. The lowest BCUT2D eigenvalue weighted by Gasteiger charge is -2.18. The molecule has 154 valence electrons. The van der Waals surface area contributed by atoms with Crippen LogP contribution in [-0.4, -0.2) is 48.7 Å². The number of nitrogens with zero attached hydrogens (tertiary/aromatic N) is 1. The highest BCUT2D eigenvalue weighted by molar-refractivity contribution is 6.37. The predicted octanol–water partition coefficient (Wildman–Crippen LogP) is 3.01. The average molecular weight is 389 g/mol. The Hall–Kier alpha value is -2.21. The largest absolute Gasteiger partial charge is 0.420 e. The molecule has 0 aromatic heterocycles. The number of rotatable bonds is 9. The van der Waals surface area contributed by atoms with Crippen molar-refractivity contribution in [3.63, 3.8) is 0 Å². The Kier molecular flexibility index (Phi) is 8.18. The smallest absolute Gasteiger partial charge is 0.380 e. The van der Waals surface area contributed by atoms with Crippen molar-refractivity contribution < 1.29 is 19.1 Å². The van der Waals surface area contributed by atoms with Crippen LogP contribution in [0.5, 0.6) is 5.75 Å². The predicted molar refractivity (Wildman–Crippen MR) is 109 cm³/mol. The highest BCUT2D eigenvalue weighted by Gasteiger charge is 2.24. The minimum absolute atomic E-state index is 0.144. The maximum absolute atomic E-state index is 12.3. The summed E-state index contributed by atoms with van der Waals surface area (Å²) in [6.07, 6.45) is 1.89. The molecule has 0 saturated carbocycles. The Morgan fingerprint density at radius 1 is 1.04 bits per heavy atom. The van der Waals surface area contributed by atoms with Crippen LogP contribution in [0.3, 0.4) is 0 Å². The quantitative estimate of drug-likeness (QED) is 0.305. The van der Waals surface area contributed by atoms with Gasteiger partial charge < -0.3 is 15.0 Å². The lowest BCUT2D eigenvalue weighted by atomic mass is 9.94. The minimum atomic E-state index is -0.982. The fraction of sp³-hybridized carbons (Fsp3) is 0.591. The number of nitrogens with one attached hydrogen (secondary N) is 1. The second-order valence-electron chi connectivity index (χ2n) is 7.96. The number of hydrogen-bond donors (Lipinski definition) is 1. The third-order valence-corrected chi connectivity index (χ3v) is 5.01. The van der Waals surface area contributed by atoms with E-state index in [1.54, 1.807) is 0 Å². The minimum Gasteiger partial charge on any atom is -0.420 e. The van der Waals surface area contributed by atoms with E-state index in [1.807, 2.05) is 45.9 Å². The molecule has 1 aromatic carbocycles. The first-order valence-electron chi connectivity index (χ1n) is 10.2. The molecule has 1 aliphatic rings. The van der Waals surface area contributed by atoms with Crippen LogP contribution in [0.25, 0.3) is 0 Å². The summed E-state index contributed by atoms with van der Waals surface area (Å²) < 4.78 is 5.47. The molecule has 0 spiro atoms. The van der Waals surface area contributed by atoms with Crippen LogP contribution in [-0.2, 0) is 14.4 Å². The summed E-state index contributed by atoms with van der Waals surface area (Å²) in [5.74, 6) is -1.52. The molecule has 0 radical (unpaired) electrons. The van der Waals surface area contributed by atoms with Gasteiger partial charge in [0.05, 0.1) is 6.42 Å². The SMILES string of the molecule is CC(C)c1cccc(C(C)C)c1OC(=O)C(=O)CC(=O)NCCN1CCCC1. The molecule has 0 atom stereocenters. The molecule has 1 heterocycles. The van der Waals surface area contributed by atoms with Gasteiger partial charge in [-0.2, -0.15) is 0 Å². The third kappa shape index (κ3) is 6.16. The third-order valence-electron chi connectivity index (χ3n) is 5.01. The second kappa shape index (κ2) is 10.4. The van der Waals surface area contributed by atoms with E-state index in [2.05, 4.69) is 10.2 Å². The number of amides is 1. The van der Waals surface area contributed by atoms with Crippen molar-refractivity contribution in [1.82, 2.24) is 10.2 Å². The molecular formula is C22H32N2O4. The van der Waals surface area contributed by atoms with Gasteiger partial charge in [-0.1, -0.05) is 45.9 Å². The number of ketones is 1. The zero-order valence-electron chi connectivity index (χ0n) is 17.4. The number of benzene rings is 1. The number of carbonyl (C=O) groups excluding carboxylic acids is 3. The molecule has 6 nitrogen and oxygen atoms in total. The summed E-state index contributed by atoms with van der Waals surface area (Å²) in [4.78, 5) is 38.8. The number of para-hydroxylation sites is 1. The van der Waals surface area contributed by atoms with Gasteiger partial charge in [-0.3, -0.25) is 9.59 Å². The summed E-state index contributed by atoms with van der Waals surface area (Å²) in [7, 11) is 0. The van der Waals surface area contributed by atoms with Crippen molar-refractivity contribution in [3.8, 4) is 5.75 Å². The van der Waals surface area contributed by atoms with Crippen molar-refractivity contribution in [2.24, 2.45) is 0 Å². The number of carbonyl (C=O) groups is 3. The van der Waals surface area contributed by atoms with Crippen molar-refractivity contribution in [1.29, 1.82) is 0 Å². The highest BCUT2D eigenvalue weighted by atomic mass is 16.5. The number of ether oxygens (including phenoxy) is 1. The van der Waals surface area contributed by atoms with Gasteiger partial charge in [0, 0.05) is 13.1 Å². The van der Waals surface area contributed by atoms with Crippen LogP contribution in [0, 0.1) is 0 Å². The van der Waals surface area contributed by atoms with E-state index in [4.69, 9.17) is 4.74 Å². The van der Waals surface area contributed by atoms with Crippen molar-refractivity contribution in [2.75, 3.05) is 26.2 Å². The molecule has 0 aliphatic carbocycles. The Morgan fingerprint density at radius 2 is 1.61 bits per heavy atom. The Bertz CT molecular complexity index is 680. The molecule has 0 unspecified atom stereocenters. The van der Waals surface area contributed by atoms with E-state index in [-0.39, 0.29) is 11.8 Å². The van der Waals surface area contributed by atoms with Crippen molar-refractivity contribution in [2.45, 2.75) is 58.8 Å². The molecule has 1 aromatic rings. The fourth-order valence-corrected chi connectivity index (χ4v) is 3.39. The van der Waals surface area contributed by atoms with E-state index in [9.17, 15) is 14.4 Å². The maximum atomic E-state index is 12.3. The number of likely N-dealkylation sites (tertiary alicyclic amines) is 1. The monoisotopic (exact) mass is 388 g/mol. The van der Waals surface area contributed by atoms with Gasteiger partial charge in [-0.15, -0.1) is 0 Å². The standard InChI is InChI=1S/C22H32N2O4/c1-15(2)17-8-7-9-18(16(3)4)21(17)28-22(27)19(25)14-20(26)23-10-13-24-11-5-6-12-24/h7-9,15-16H,5-6,10-14H2,1-4H3,(H,23,26). The van der Waals surface area contributed by atoms with Crippen molar-refractivity contribution >= 4 is 17.7 Å². The van der Waals surface area contributed by atoms with Crippen LogP contribution in [0.4, 0.5) is 0 Å². The number of hydrogen-bond acceptors (Lipinski definition) is 5. The van der Waals surface area contributed by atoms with Crippen LogP contribution < -0.4 is 10.1 Å². The molecule has 1 amide bonds. The molecule has 1 aliphatic heterocycles. The lowest BCUT2D eigenvalue weighted by Crippen LogP contribution is -2.35. The lowest BCUT2D eigenvalue weighted by molar-refractivity contribution is -0.148. The van der Waals surface area contributed by atoms with Crippen molar-refractivity contribution in [3.05, 3.63) is 29.3 Å². The van der Waals surface area contributed by atoms with E-state index in [0.717, 1.165) is 30.8 Å². The molecule has 1 N–H and O–H groups in total. The van der Waals surface area contributed by atoms with E-state index in [0.29, 0.717) is 12.3 Å². The zero-order chi connectivity index (χ0) is 20.7. The maximum Gasteiger partial charge on any atom is 0.380 e. The summed E-state index contributed by atoms with van der Waals surface area (Å²) in [6.45, 7) is 11.4. The normalized spacial score (nSPS) is 14.5. The van der Waals surface area contributed by atoms with Crippen LogP contribution in [0.2, 0.25) is 0 Å². The summed E-state index contributed by atoms with van der Waals surface area (Å²) >= 11 is 0. The van der Waals surface area contributed by atoms with Gasteiger partial charge >= 0.3 is 5.97 Å². The topological polar surface area (TPSA) is 75.7 Å². The van der Waals surface area contributed by atoms with Gasteiger partial charge in [0.25, 0.3) is 0 Å². The molecular weight excluding hydrogens is 356 g/mol. The van der Waals surface area contributed by atoms with Crippen LogP contribution in [0.1, 0.15) is 69.9 Å². The first-order chi connectivity index (χ1) is 13.3. The van der Waals surface area contributed by atoms with Gasteiger partial charge in [-0.05, 0) is 48.9 Å². The van der Waals surface area contributed by atoms with E-state index >= 15 is 0 Å². The fourth-order valence-electron chi connectivity index (χ4n) is 3.39. The van der Waals surface area contributed by atoms with Gasteiger partial charge in [0.1, 0.15) is 5.75 Å². The number of esters is 1. The second-order valence-corrected chi connectivity index (χ2v) is 7.96. The first-order valence-corrected chi connectivity index (χ1v) is 10.2. The van der Waals surface area contributed by atoms with Gasteiger partial charge in [0.2, 0.25) is 11.7 Å². The highest BCUT2D eigenvalue weighted by Crippen LogP contribution is 2.34. The summed E-state index contributed by atoms with van der Waals surface area (Å²) in [5.41, 5.74) is 1.75. The molecule has 2 rings (SSSR count). The van der Waals surface area contributed by atoms with E-state index < -0.39 is 24.1 Å². The Morgan fingerprint density at radius 3 is 2.14 bits per heavy atom. The molecule has 0 bridgehead atoms. The molecule has 6 heteroatoms. The van der Waals surface area contributed by atoms with E-state index in [1.165, 1.54) is 12.8 Å². The van der Waals surface area contributed by atoms with Gasteiger partial charge in [0.15, 0.2) is 0 Å².